The van der Waals surface area contributed by atoms with Crippen molar-refractivity contribution in [2.24, 2.45) is 0 Å². The molecule has 3 rings (SSSR count). The highest BCUT2D eigenvalue weighted by molar-refractivity contribution is 7.89. The molecule has 9 heteroatoms. The Labute approximate surface area is 174 Å². The minimum atomic E-state index is -3.74. The maximum absolute atomic E-state index is 12.9. The molecule has 7 nitrogen and oxygen atoms in total. The van der Waals surface area contributed by atoms with Gasteiger partial charge in [0.15, 0.2) is 12.9 Å². The smallest absolute Gasteiger partial charge is 0.262 e. The SMILES string of the molecule is O=Cc1ccccc1OCC(=O)Nc1ccc(Cl)c(S(=O)(=O)N2CCCCC2)c1. The van der Waals surface area contributed by atoms with Gasteiger partial charge in [0.05, 0.1) is 10.6 Å². The second kappa shape index (κ2) is 9.39. The molecule has 1 fully saturated rings. The Hall–Kier alpha value is -2.42. The first-order valence-corrected chi connectivity index (χ1v) is 11.0. The third-order valence-electron chi connectivity index (χ3n) is 4.55. The van der Waals surface area contributed by atoms with Crippen LogP contribution >= 0.6 is 11.6 Å². The predicted octanol–water partition coefficient (Wildman–Crippen LogP) is 3.34. The Balaban J connectivity index is 1.70. The Morgan fingerprint density at radius 2 is 1.86 bits per heavy atom. The Morgan fingerprint density at radius 1 is 1.14 bits per heavy atom. The van der Waals surface area contributed by atoms with Crippen molar-refractivity contribution >= 4 is 39.5 Å². The predicted molar refractivity (Wildman–Crippen MR) is 110 cm³/mol. The van der Waals surface area contributed by atoms with Crippen LogP contribution in [-0.2, 0) is 14.8 Å². The van der Waals surface area contributed by atoms with Crippen molar-refractivity contribution in [3.63, 3.8) is 0 Å². The number of sulfonamides is 1. The average Bonchev–Trinajstić information content (AvgIpc) is 2.74. The first-order chi connectivity index (χ1) is 13.9. The molecule has 0 radical (unpaired) electrons. The third kappa shape index (κ3) is 5.14. The molecule has 2 aromatic carbocycles. The van der Waals surface area contributed by atoms with Gasteiger partial charge in [0.2, 0.25) is 10.0 Å². The van der Waals surface area contributed by atoms with Crippen LogP contribution in [0, 0.1) is 0 Å². The number of para-hydroxylation sites is 1. The molecule has 0 saturated carbocycles. The zero-order chi connectivity index (χ0) is 20.9. The number of piperidine rings is 1. The Kier molecular flexibility index (Phi) is 6.89. The zero-order valence-electron chi connectivity index (χ0n) is 15.6. The van der Waals surface area contributed by atoms with Gasteiger partial charge in [-0.15, -0.1) is 0 Å². The molecule has 0 unspecified atom stereocenters. The average molecular weight is 437 g/mol. The van der Waals surface area contributed by atoms with Crippen molar-refractivity contribution in [3.05, 3.63) is 53.1 Å². The fourth-order valence-corrected chi connectivity index (χ4v) is 5.09. The number of ether oxygens (including phenoxy) is 1. The van der Waals surface area contributed by atoms with Crippen molar-refractivity contribution in [3.8, 4) is 5.75 Å². The van der Waals surface area contributed by atoms with Gasteiger partial charge in [-0.25, -0.2) is 8.42 Å². The summed E-state index contributed by atoms with van der Waals surface area (Å²) in [6.07, 6.45) is 3.27. The second-order valence-corrected chi connectivity index (χ2v) is 8.92. The van der Waals surface area contributed by atoms with Crippen LogP contribution in [0.15, 0.2) is 47.4 Å². The number of aldehydes is 1. The molecule has 1 amide bonds. The summed E-state index contributed by atoms with van der Waals surface area (Å²) in [6.45, 7) is 0.583. The number of carbonyl (C=O) groups excluding carboxylic acids is 2. The first kappa shape index (κ1) is 21.3. The molecule has 0 aromatic heterocycles. The van der Waals surface area contributed by atoms with Gasteiger partial charge in [-0.2, -0.15) is 4.31 Å². The lowest BCUT2D eigenvalue weighted by Gasteiger charge is -2.26. The van der Waals surface area contributed by atoms with E-state index in [-0.39, 0.29) is 16.5 Å². The van der Waals surface area contributed by atoms with E-state index in [1.807, 2.05) is 0 Å². The summed E-state index contributed by atoms with van der Waals surface area (Å²) in [5, 5.41) is 2.70. The van der Waals surface area contributed by atoms with Crippen LogP contribution in [0.4, 0.5) is 5.69 Å². The van der Waals surface area contributed by atoms with Crippen molar-refractivity contribution in [2.45, 2.75) is 24.2 Å². The summed E-state index contributed by atoms with van der Waals surface area (Å²) in [4.78, 5) is 23.2. The van der Waals surface area contributed by atoms with Crippen LogP contribution in [0.2, 0.25) is 5.02 Å². The van der Waals surface area contributed by atoms with Crippen LogP contribution in [0.25, 0.3) is 0 Å². The zero-order valence-corrected chi connectivity index (χ0v) is 17.2. The van der Waals surface area contributed by atoms with Crippen LogP contribution in [-0.4, -0.2) is 44.6 Å². The lowest BCUT2D eigenvalue weighted by molar-refractivity contribution is -0.118. The van der Waals surface area contributed by atoms with Crippen LogP contribution < -0.4 is 10.1 Å². The highest BCUT2D eigenvalue weighted by atomic mass is 35.5. The summed E-state index contributed by atoms with van der Waals surface area (Å²) in [5.74, 6) is -0.198. The largest absolute Gasteiger partial charge is 0.483 e. The van der Waals surface area contributed by atoms with E-state index in [1.165, 1.54) is 22.5 Å². The van der Waals surface area contributed by atoms with Crippen molar-refractivity contribution < 1.29 is 22.7 Å². The molecule has 1 saturated heterocycles. The molecule has 1 aliphatic rings. The number of nitrogens with zero attached hydrogens (tertiary/aromatic N) is 1. The van der Waals surface area contributed by atoms with E-state index in [0.29, 0.717) is 36.4 Å². The van der Waals surface area contributed by atoms with Gasteiger partial charge in [-0.1, -0.05) is 30.2 Å². The van der Waals surface area contributed by atoms with Crippen LogP contribution in [0.3, 0.4) is 0 Å². The van der Waals surface area contributed by atoms with Gasteiger partial charge in [-0.3, -0.25) is 9.59 Å². The lowest BCUT2D eigenvalue weighted by atomic mass is 10.2. The minimum absolute atomic E-state index is 0.0360. The van der Waals surface area contributed by atoms with Crippen molar-refractivity contribution in [1.29, 1.82) is 0 Å². The molecule has 29 heavy (non-hydrogen) atoms. The van der Waals surface area contributed by atoms with Crippen LogP contribution in [0.1, 0.15) is 29.6 Å². The standard InChI is InChI=1S/C20H21ClN2O5S/c21-17-9-8-16(12-19(17)29(26,27)23-10-4-1-5-11-23)22-20(25)14-28-18-7-3-2-6-15(18)13-24/h2-3,6-9,12-13H,1,4-5,10-11,14H2,(H,22,25). The van der Waals surface area contributed by atoms with E-state index in [0.717, 1.165) is 19.3 Å². The molecule has 1 heterocycles. The molecule has 0 atom stereocenters. The molecule has 0 spiro atoms. The number of benzene rings is 2. The Morgan fingerprint density at radius 3 is 2.59 bits per heavy atom. The quantitative estimate of drug-likeness (QED) is 0.672. The van der Waals surface area contributed by atoms with Crippen molar-refractivity contribution in [1.82, 2.24) is 4.31 Å². The van der Waals surface area contributed by atoms with Gasteiger partial charge in [0, 0.05) is 18.8 Å². The molecular formula is C20H21ClN2O5S. The number of hydrogen-bond acceptors (Lipinski definition) is 5. The molecule has 154 valence electrons. The molecular weight excluding hydrogens is 416 g/mol. The molecule has 0 aliphatic carbocycles. The van der Waals surface area contributed by atoms with Crippen LogP contribution in [0.5, 0.6) is 5.75 Å². The van der Waals surface area contributed by atoms with E-state index in [1.54, 1.807) is 24.3 Å². The minimum Gasteiger partial charge on any atom is -0.483 e. The van der Waals surface area contributed by atoms with Gasteiger partial charge in [-0.05, 0) is 43.2 Å². The lowest BCUT2D eigenvalue weighted by Crippen LogP contribution is -2.35. The first-order valence-electron chi connectivity index (χ1n) is 9.18. The number of amides is 1. The third-order valence-corrected chi connectivity index (χ3v) is 6.93. The maximum Gasteiger partial charge on any atom is 0.262 e. The highest BCUT2D eigenvalue weighted by Gasteiger charge is 2.28. The second-order valence-electron chi connectivity index (χ2n) is 6.60. The number of nitrogens with one attached hydrogen (secondary N) is 1. The molecule has 1 aliphatic heterocycles. The summed E-state index contributed by atoms with van der Waals surface area (Å²) < 4.78 is 32.6. The Bertz CT molecular complexity index is 1000. The fourth-order valence-electron chi connectivity index (χ4n) is 3.07. The normalized spacial score (nSPS) is 14.9. The van der Waals surface area contributed by atoms with E-state index in [9.17, 15) is 18.0 Å². The van der Waals surface area contributed by atoms with Crippen molar-refractivity contribution in [2.75, 3.05) is 25.0 Å². The maximum atomic E-state index is 12.9. The molecule has 0 bridgehead atoms. The summed E-state index contributed by atoms with van der Waals surface area (Å²) in [5.41, 5.74) is 0.629. The summed E-state index contributed by atoms with van der Waals surface area (Å²) in [7, 11) is -3.74. The number of anilines is 1. The van der Waals surface area contributed by atoms with E-state index >= 15 is 0 Å². The van der Waals surface area contributed by atoms with E-state index < -0.39 is 15.9 Å². The number of hydrogen-bond donors (Lipinski definition) is 1. The van der Waals surface area contributed by atoms with Gasteiger partial charge < -0.3 is 10.1 Å². The number of carbonyl (C=O) groups is 2. The van der Waals surface area contributed by atoms with E-state index in [4.69, 9.17) is 16.3 Å². The number of halogens is 1. The summed E-state index contributed by atoms with van der Waals surface area (Å²) >= 11 is 6.13. The highest BCUT2D eigenvalue weighted by Crippen LogP contribution is 2.29. The number of rotatable bonds is 7. The van der Waals surface area contributed by atoms with Gasteiger partial charge in [0.1, 0.15) is 10.6 Å². The molecule has 2 aromatic rings. The molecule has 1 N–H and O–H groups in total. The topological polar surface area (TPSA) is 92.8 Å². The summed E-state index contributed by atoms with van der Waals surface area (Å²) in [6, 6.07) is 10.9. The fraction of sp³-hybridized carbons (Fsp3) is 0.300. The van der Waals surface area contributed by atoms with Gasteiger partial charge >= 0.3 is 0 Å². The van der Waals surface area contributed by atoms with Gasteiger partial charge in [0.25, 0.3) is 5.91 Å². The monoisotopic (exact) mass is 436 g/mol. The van der Waals surface area contributed by atoms with E-state index in [2.05, 4.69) is 5.32 Å².